The van der Waals surface area contributed by atoms with Gasteiger partial charge in [0.15, 0.2) is 0 Å². The number of benzene rings is 1. The minimum Gasteiger partial charge on any atom is -0.481 e. The lowest BCUT2D eigenvalue weighted by atomic mass is 9.87. The van der Waals surface area contributed by atoms with Crippen molar-refractivity contribution in [3.8, 4) is 0 Å². The second kappa shape index (κ2) is 12.1. The van der Waals surface area contributed by atoms with Crippen molar-refractivity contribution in [3.63, 3.8) is 0 Å². The molecule has 0 amide bonds. The van der Waals surface area contributed by atoms with Gasteiger partial charge >= 0.3 is 47.8 Å². The summed E-state index contributed by atoms with van der Waals surface area (Å²) in [5, 5.41) is 69.0. The molecule has 16 nitrogen and oxygen atoms in total. The van der Waals surface area contributed by atoms with Crippen molar-refractivity contribution in [1.82, 2.24) is 0 Å². The molecule has 1 aromatic rings. The lowest BCUT2D eigenvalue weighted by Gasteiger charge is -2.16. The molecular weight excluding hydrogens is 472 g/mol. The van der Waals surface area contributed by atoms with Crippen LogP contribution < -0.4 is 0 Å². The minimum absolute atomic E-state index is 0.511. The van der Waals surface area contributed by atoms with E-state index in [1.54, 1.807) is 0 Å². The first kappa shape index (κ1) is 29.0. The highest BCUT2D eigenvalue weighted by molar-refractivity contribution is 6.09. The van der Waals surface area contributed by atoms with Crippen molar-refractivity contribution in [2.24, 2.45) is 11.8 Å². The highest BCUT2D eigenvalue weighted by Gasteiger charge is 2.37. The summed E-state index contributed by atoms with van der Waals surface area (Å²) < 4.78 is 0. The second-order valence-corrected chi connectivity index (χ2v) is 6.25. The summed E-state index contributed by atoms with van der Waals surface area (Å²) in [7, 11) is 0. The quantitative estimate of drug-likeness (QED) is 0.200. The summed E-state index contributed by atoms with van der Waals surface area (Å²) in [6.07, 6.45) is -1.86. The smallest absolute Gasteiger partial charge is 0.336 e. The van der Waals surface area contributed by atoms with E-state index in [0.717, 1.165) is 0 Å². The number of carbonyl (C=O) groups is 8. The molecule has 0 aromatic heterocycles. The van der Waals surface area contributed by atoms with Crippen LogP contribution in [0.1, 0.15) is 54.3 Å². The maximum absolute atomic E-state index is 10.8. The first-order valence-electron chi connectivity index (χ1n) is 8.51. The zero-order valence-electron chi connectivity index (χ0n) is 16.6. The van der Waals surface area contributed by atoms with Crippen LogP contribution in [0.3, 0.4) is 0 Å². The van der Waals surface area contributed by atoms with Crippen LogP contribution in [0.4, 0.5) is 0 Å². The van der Waals surface area contributed by atoms with E-state index in [2.05, 4.69) is 0 Å². The number of carboxylic acids is 8. The molecule has 0 saturated carbocycles. The maximum Gasteiger partial charge on any atom is 0.336 e. The SMILES string of the molecule is O=C(O)CC(C(=O)O)C(CC(=O)O)C(=O)O.O=C(O)c1cc(C(=O)O)c(C(=O)O)cc1C(=O)O. The Balaban J connectivity index is 0.000000646. The third-order valence-electron chi connectivity index (χ3n) is 3.99. The van der Waals surface area contributed by atoms with E-state index in [1.165, 1.54) is 0 Å². The van der Waals surface area contributed by atoms with Crippen molar-refractivity contribution in [2.45, 2.75) is 12.8 Å². The van der Waals surface area contributed by atoms with Gasteiger partial charge < -0.3 is 40.9 Å². The van der Waals surface area contributed by atoms with Gasteiger partial charge in [-0.15, -0.1) is 0 Å². The molecule has 0 fully saturated rings. The zero-order valence-corrected chi connectivity index (χ0v) is 16.6. The molecule has 8 N–H and O–H groups in total. The van der Waals surface area contributed by atoms with Gasteiger partial charge in [0.05, 0.1) is 46.9 Å². The number of rotatable bonds is 11. The number of aromatic carboxylic acids is 4. The van der Waals surface area contributed by atoms with Crippen LogP contribution in [0.5, 0.6) is 0 Å². The van der Waals surface area contributed by atoms with Gasteiger partial charge in [-0.2, -0.15) is 0 Å². The van der Waals surface area contributed by atoms with Crippen molar-refractivity contribution in [2.75, 3.05) is 0 Å². The maximum atomic E-state index is 10.8. The largest absolute Gasteiger partial charge is 0.481 e. The Morgan fingerprint density at radius 1 is 0.471 bits per heavy atom. The van der Waals surface area contributed by atoms with E-state index < -0.39 is 94.7 Å². The molecule has 184 valence electrons. The normalized spacial score (nSPS) is 11.6. The molecule has 0 aliphatic heterocycles. The fourth-order valence-corrected chi connectivity index (χ4v) is 2.49. The molecule has 16 heteroatoms. The first-order valence-corrected chi connectivity index (χ1v) is 8.51. The van der Waals surface area contributed by atoms with Gasteiger partial charge in [-0.1, -0.05) is 0 Å². The molecule has 0 aliphatic carbocycles. The summed E-state index contributed by atoms with van der Waals surface area (Å²) in [6, 6.07) is 1.02. The number of hydrogen-bond donors (Lipinski definition) is 8. The number of carboxylic acid groups (broad SMARTS) is 8. The average molecular weight is 488 g/mol. The lowest BCUT2D eigenvalue weighted by Crippen LogP contribution is -2.33. The van der Waals surface area contributed by atoms with E-state index in [0.29, 0.717) is 12.1 Å². The van der Waals surface area contributed by atoms with Crippen LogP contribution in [0.25, 0.3) is 0 Å². The lowest BCUT2D eigenvalue weighted by molar-refractivity contribution is -0.160. The molecule has 1 aromatic carbocycles. The Hall–Kier alpha value is -5.02. The van der Waals surface area contributed by atoms with Crippen LogP contribution in [-0.4, -0.2) is 88.6 Å². The van der Waals surface area contributed by atoms with Crippen LogP contribution >= 0.6 is 0 Å². The molecule has 0 spiro atoms. The van der Waals surface area contributed by atoms with Crippen LogP contribution in [0.2, 0.25) is 0 Å². The van der Waals surface area contributed by atoms with E-state index in [4.69, 9.17) is 40.9 Å². The molecule has 34 heavy (non-hydrogen) atoms. The zero-order chi connectivity index (χ0) is 26.9. The molecule has 0 bridgehead atoms. The molecule has 0 saturated heterocycles. The Bertz CT molecular complexity index is 922. The summed E-state index contributed by atoms with van der Waals surface area (Å²) in [5.41, 5.74) is -3.15. The summed E-state index contributed by atoms with van der Waals surface area (Å²) in [4.78, 5) is 85.0. The van der Waals surface area contributed by atoms with E-state index >= 15 is 0 Å². The Labute approximate surface area is 186 Å². The van der Waals surface area contributed by atoms with Crippen LogP contribution in [-0.2, 0) is 19.2 Å². The fourth-order valence-electron chi connectivity index (χ4n) is 2.49. The van der Waals surface area contributed by atoms with Crippen molar-refractivity contribution in [1.29, 1.82) is 0 Å². The van der Waals surface area contributed by atoms with Gasteiger partial charge in [0, 0.05) is 0 Å². The monoisotopic (exact) mass is 488 g/mol. The third-order valence-corrected chi connectivity index (χ3v) is 3.99. The Morgan fingerprint density at radius 3 is 0.794 bits per heavy atom. The van der Waals surface area contributed by atoms with Gasteiger partial charge in [0.25, 0.3) is 0 Å². The molecular formula is C18H16O16. The van der Waals surface area contributed by atoms with Gasteiger partial charge in [0.1, 0.15) is 0 Å². The highest BCUT2D eigenvalue weighted by atomic mass is 16.4. The standard InChI is InChI=1S/C10H6O8.C8H10O8/c11-7(12)3-1-4(8(13)14)6(10(17)18)2-5(3)9(15)16;9-5(10)1-3(7(13)14)4(8(15)16)2-6(11)12/h1-2H,(H,11,12)(H,13,14)(H,15,16)(H,17,18);3-4H,1-2H2,(H,9,10)(H,11,12)(H,13,14)(H,15,16). The topological polar surface area (TPSA) is 298 Å². The average Bonchev–Trinajstić information content (AvgIpc) is 2.68. The molecule has 2 atom stereocenters. The molecule has 0 heterocycles. The van der Waals surface area contributed by atoms with Gasteiger partial charge in [-0.05, 0) is 12.1 Å². The van der Waals surface area contributed by atoms with Crippen molar-refractivity contribution < 1.29 is 79.2 Å². The summed E-state index contributed by atoms with van der Waals surface area (Å²) in [5.74, 6) is -16.4. The van der Waals surface area contributed by atoms with Gasteiger partial charge in [0.2, 0.25) is 0 Å². The minimum atomic E-state index is -1.76. The predicted octanol–water partition coefficient (Wildman–Crippen LogP) is -0.183. The van der Waals surface area contributed by atoms with Crippen molar-refractivity contribution >= 4 is 47.8 Å². The van der Waals surface area contributed by atoms with Crippen LogP contribution in [0.15, 0.2) is 12.1 Å². The fraction of sp³-hybridized carbons (Fsp3) is 0.222. The first-order chi connectivity index (χ1) is 15.5. The van der Waals surface area contributed by atoms with Gasteiger partial charge in [-0.3, -0.25) is 19.2 Å². The van der Waals surface area contributed by atoms with E-state index in [-0.39, 0.29) is 0 Å². The molecule has 0 radical (unpaired) electrons. The van der Waals surface area contributed by atoms with Crippen LogP contribution in [0, 0.1) is 11.8 Å². The van der Waals surface area contributed by atoms with E-state index in [1.807, 2.05) is 0 Å². The van der Waals surface area contributed by atoms with E-state index in [9.17, 15) is 38.4 Å². The predicted molar refractivity (Wildman–Crippen MR) is 101 cm³/mol. The summed E-state index contributed by atoms with van der Waals surface area (Å²) >= 11 is 0. The Kier molecular flexibility index (Phi) is 10.3. The summed E-state index contributed by atoms with van der Waals surface area (Å²) in [6.45, 7) is 0. The third kappa shape index (κ3) is 8.25. The Morgan fingerprint density at radius 2 is 0.676 bits per heavy atom. The highest BCUT2D eigenvalue weighted by Crippen LogP contribution is 2.21. The number of hydrogen-bond acceptors (Lipinski definition) is 8. The second-order valence-electron chi connectivity index (χ2n) is 6.25. The number of aliphatic carboxylic acids is 4. The van der Waals surface area contributed by atoms with Gasteiger partial charge in [-0.25, -0.2) is 19.2 Å². The molecule has 2 unspecified atom stereocenters. The van der Waals surface area contributed by atoms with Crippen molar-refractivity contribution in [3.05, 3.63) is 34.4 Å². The molecule has 0 aliphatic rings. The molecule has 1 rings (SSSR count).